The van der Waals surface area contributed by atoms with Gasteiger partial charge in [0.1, 0.15) is 0 Å². The van der Waals surface area contributed by atoms with E-state index in [1.165, 1.54) is 0 Å². The van der Waals surface area contributed by atoms with Crippen molar-refractivity contribution in [2.75, 3.05) is 13.8 Å². The molecule has 3 heteroatoms. The minimum Gasteiger partial charge on any atom is -0.361 e. The van der Waals surface area contributed by atoms with Crippen LogP contribution in [0.25, 0.3) is 0 Å². The van der Waals surface area contributed by atoms with E-state index in [0.717, 1.165) is 5.69 Å². The van der Waals surface area contributed by atoms with Gasteiger partial charge in [0.05, 0.1) is 5.69 Å². The van der Waals surface area contributed by atoms with Crippen LogP contribution >= 0.6 is 0 Å². The van der Waals surface area contributed by atoms with E-state index >= 15 is 0 Å². The van der Waals surface area contributed by atoms with Crippen LogP contribution in [0, 0.1) is 0 Å². The molecule has 0 aliphatic rings. The second-order valence-corrected chi connectivity index (χ2v) is 1.99. The van der Waals surface area contributed by atoms with Gasteiger partial charge in [-0.2, -0.15) is 10.2 Å². The summed E-state index contributed by atoms with van der Waals surface area (Å²) >= 11 is 0. The van der Waals surface area contributed by atoms with Gasteiger partial charge >= 0.3 is 0 Å². The van der Waals surface area contributed by atoms with E-state index in [0.29, 0.717) is 6.73 Å². The molecule has 0 heterocycles. The molecule has 0 unspecified atom stereocenters. The summed E-state index contributed by atoms with van der Waals surface area (Å²) in [6.07, 6.45) is 0. The quantitative estimate of drug-likeness (QED) is 0.609. The third-order valence-electron chi connectivity index (χ3n) is 1.13. The zero-order valence-corrected chi connectivity index (χ0v) is 6.40. The predicted octanol–water partition coefficient (Wildman–Crippen LogP) is 2.37. The van der Waals surface area contributed by atoms with Crippen LogP contribution in [0.1, 0.15) is 0 Å². The molecular formula is C8H10N2O. The Hall–Kier alpha value is -1.22. The molecule has 0 saturated heterocycles. The van der Waals surface area contributed by atoms with Gasteiger partial charge in [0.25, 0.3) is 0 Å². The van der Waals surface area contributed by atoms with E-state index in [9.17, 15) is 0 Å². The molecule has 1 aromatic rings. The van der Waals surface area contributed by atoms with Crippen molar-refractivity contribution in [2.24, 2.45) is 10.2 Å². The van der Waals surface area contributed by atoms with Crippen molar-refractivity contribution in [3.8, 4) is 0 Å². The minimum absolute atomic E-state index is 0.314. The van der Waals surface area contributed by atoms with Crippen LogP contribution in [0.3, 0.4) is 0 Å². The topological polar surface area (TPSA) is 34.0 Å². The molecule has 11 heavy (non-hydrogen) atoms. The highest BCUT2D eigenvalue weighted by atomic mass is 16.5. The van der Waals surface area contributed by atoms with Gasteiger partial charge in [-0.25, -0.2) is 0 Å². The van der Waals surface area contributed by atoms with Crippen molar-refractivity contribution in [1.29, 1.82) is 0 Å². The summed E-state index contributed by atoms with van der Waals surface area (Å²) in [5.74, 6) is 0. The van der Waals surface area contributed by atoms with Crippen molar-refractivity contribution in [3.63, 3.8) is 0 Å². The lowest BCUT2D eigenvalue weighted by molar-refractivity contribution is 0.203. The summed E-state index contributed by atoms with van der Waals surface area (Å²) in [6, 6.07) is 9.55. The third-order valence-corrected chi connectivity index (χ3v) is 1.13. The van der Waals surface area contributed by atoms with Crippen LogP contribution in [0.15, 0.2) is 40.6 Å². The Morgan fingerprint density at radius 2 is 2.00 bits per heavy atom. The number of ether oxygens (including phenoxy) is 1. The highest BCUT2D eigenvalue weighted by molar-refractivity contribution is 5.34. The maximum atomic E-state index is 4.70. The highest BCUT2D eigenvalue weighted by Gasteiger charge is 1.82. The largest absolute Gasteiger partial charge is 0.361 e. The summed E-state index contributed by atoms with van der Waals surface area (Å²) < 4.78 is 4.70. The normalized spacial score (nSPS) is 10.6. The first-order valence-electron chi connectivity index (χ1n) is 3.35. The van der Waals surface area contributed by atoms with E-state index in [1.54, 1.807) is 7.11 Å². The average Bonchev–Trinajstić information content (AvgIpc) is 2.07. The minimum atomic E-state index is 0.314. The summed E-state index contributed by atoms with van der Waals surface area (Å²) in [7, 11) is 1.59. The predicted molar refractivity (Wildman–Crippen MR) is 42.8 cm³/mol. The second-order valence-electron chi connectivity index (χ2n) is 1.99. The zero-order chi connectivity index (χ0) is 7.94. The molecule has 0 aromatic heterocycles. The monoisotopic (exact) mass is 150 g/mol. The van der Waals surface area contributed by atoms with Gasteiger partial charge in [0.15, 0.2) is 6.73 Å². The van der Waals surface area contributed by atoms with Crippen LogP contribution < -0.4 is 0 Å². The summed E-state index contributed by atoms with van der Waals surface area (Å²) in [6.45, 7) is 0.314. The van der Waals surface area contributed by atoms with Crippen molar-refractivity contribution >= 4 is 5.69 Å². The van der Waals surface area contributed by atoms with Gasteiger partial charge in [-0.3, -0.25) is 0 Å². The smallest absolute Gasteiger partial charge is 0.158 e. The molecule has 0 aliphatic heterocycles. The molecule has 1 aromatic carbocycles. The Bertz CT molecular complexity index is 221. The van der Waals surface area contributed by atoms with Gasteiger partial charge in [0, 0.05) is 7.11 Å². The van der Waals surface area contributed by atoms with Gasteiger partial charge in [-0.1, -0.05) is 18.2 Å². The molecular weight excluding hydrogens is 140 g/mol. The van der Waals surface area contributed by atoms with Crippen LogP contribution in [0.4, 0.5) is 5.69 Å². The Labute approximate surface area is 65.7 Å². The number of hydrogen-bond donors (Lipinski definition) is 0. The fraction of sp³-hybridized carbons (Fsp3) is 0.250. The Kier molecular flexibility index (Phi) is 3.28. The molecule has 3 nitrogen and oxygen atoms in total. The summed E-state index contributed by atoms with van der Waals surface area (Å²) in [4.78, 5) is 0. The molecule has 1 rings (SSSR count). The molecule has 0 fully saturated rings. The number of hydrogen-bond acceptors (Lipinski definition) is 3. The SMILES string of the molecule is COCN=Nc1ccccc1. The van der Waals surface area contributed by atoms with Gasteiger partial charge in [0.2, 0.25) is 0 Å². The van der Waals surface area contributed by atoms with E-state index in [-0.39, 0.29) is 0 Å². The van der Waals surface area contributed by atoms with E-state index in [1.807, 2.05) is 30.3 Å². The van der Waals surface area contributed by atoms with Crippen molar-refractivity contribution in [3.05, 3.63) is 30.3 Å². The van der Waals surface area contributed by atoms with Crippen molar-refractivity contribution < 1.29 is 4.74 Å². The Balaban J connectivity index is 2.50. The second kappa shape index (κ2) is 4.57. The first kappa shape index (κ1) is 7.88. The Morgan fingerprint density at radius 1 is 1.27 bits per heavy atom. The first-order valence-corrected chi connectivity index (χ1v) is 3.35. The number of rotatable bonds is 3. The number of benzene rings is 1. The number of methoxy groups -OCH3 is 1. The van der Waals surface area contributed by atoms with Crippen LogP contribution in [-0.2, 0) is 4.74 Å². The van der Waals surface area contributed by atoms with Crippen molar-refractivity contribution in [1.82, 2.24) is 0 Å². The number of azo groups is 1. The maximum absolute atomic E-state index is 4.70. The van der Waals surface area contributed by atoms with Crippen molar-refractivity contribution in [2.45, 2.75) is 0 Å². The summed E-state index contributed by atoms with van der Waals surface area (Å²) in [5.41, 5.74) is 0.851. The lowest BCUT2D eigenvalue weighted by atomic mass is 10.3. The standard InChI is InChI=1S/C8H10N2O/c1-11-7-9-10-8-5-3-2-4-6-8/h2-6H,7H2,1H3. The number of nitrogens with zero attached hydrogens (tertiary/aromatic N) is 2. The van der Waals surface area contributed by atoms with E-state index in [4.69, 9.17) is 4.74 Å². The lowest BCUT2D eigenvalue weighted by Crippen LogP contribution is -1.78. The molecule has 0 aliphatic carbocycles. The average molecular weight is 150 g/mol. The van der Waals surface area contributed by atoms with E-state index in [2.05, 4.69) is 10.2 Å². The van der Waals surface area contributed by atoms with Crippen LogP contribution in [0.5, 0.6) is 0 Å². The molecule has 0 amide bonds. The first-order chi connectivity index (χ1) is 5.43. The molecule has 0 spiro atoms. The maximum Gasteiger partial charge on any atom is 0.158 e. The van der Waals surface area contributed by atoms with Crippen LogP contribution in [-0.4, -0.2) is 13.8 Å². The zero-order valence-electron chi connectivity index (χ0n) is 6.40. The van der Waals surface area contributed by atoms with Gasteiger partial charge in [-0.05, 0) is 12.1 Å². The molecule has 0 bridgehead atoms. The summed E-state index contributed by atoms with van der Waals surface area (Å²) in [5, 5.41) is 7.66. The molecule has 0 N–H and O–H groups in total. The molecule has 0 atom stereocenters. The molecule has 0 radical (unpaired) electrons. The Morgan fingerprint density at radius 3 is 2.64 bits per heavy atom. The fourth-order valence-corrected chi connectivity index (χ4v) is 0.663. The van der Waals surface area contributed by atoms with E-state index < -0.39 is 0 Å². The van der Waals surface area contributed by atoms with Gasteiger partial charge in [-0.15, -0.1) is 0 Å². The molecule has 0 saturated carbocycles. The third kappa shape index (κ3) is 2.91. The van der Waals surface area contributed by atoms with Gasteiger partial charge < -0.3 is 4.74 Å². The lowest BCUT2D eigenvalue weighted by Gasteiger charge is -1.89. The van der Waals surface area contributed by atoms with Crippen LogP contribution in [0.2, 0.25) is 0 Å². The highest BCUT2D eigenvalue weighted by Crippen LogP contribution is 2.09. The fourth-order valence-electron chi connectivity index (χ4n) is 0.663. The molecule has 58 valence electrons.